The first kappa shape index (κ1) is 12.4. The van der Waals surface area contributed by atoms with E-state index in [9.17, 15) is 0 Å². The third-order valence-electron chi connectivity index (χ3n) is 2.75. The van der Waals surface area contributed by atoms with Crippen LogP contribution in [0, 0.1) is 11.3 Å². The molecule has 2 N–H and O–H groups in total. The molecule has 15 heavy (non-hydrogen) atoms. The minimum Gasteiger partial charge on any atom is -0.376 e. The molecule has 4 nitrogen and oxygen atoms in total. The molecule has 2 atom stereocenters. The standard InChI is InChI=1S/C11H21N3O/c1-10-8-14(6-7-15-10)5-3-4-11(2,13)9-12/h10H,3-8,13H2,1-2H3. The number of nitrogens with zero attached hydrogens (tertiary/aromatic N) is 2. The minimum absolute atomic E-state index is 0.332. The van der Waals surface area contributed by atoms with Crippen LogP contribution in [0.4, 0.5) is 0 Å². The summed E-state index contributed by atoms with van der Waals surface area (Å²) in [4.78, 5) is 2.38. The van der Waals surface area contributed by atoms with E-state index in [2.05, 4.69) is 17.9 Å². The van der Waals surface area contributed by atoms with Crippen molar-refractivity contribution < 1.29 is 4.74 Å². The Bertz CT molecular complexity index is 234. The second kappa shape index (κ2) is 5.45. The summed E-state index contributed by atoms with van der Waals surface area (Å²) >= 11 is 0. The normalized spacial score (nSPS) is 26.9. The van der Waals surface area contributed by atoms with Crippen LogP contribution in [0.15, 0.2) is 0 Å². The average molecular weight is 211 g/mol. The lowest BCUT2D eigenvalue weighted by molar-refractivity contribution is -0.0187. The van der Waals surface area contributed by atoms with Gasteiger partial charge in [-0.05, 0) is 33.2 Å². The van der Waals surface area contributed by atoms with Crippen LogP contribution in [-0.4, -0.2) is 42.8 Å². The van der Waals surface area contributed by atoms with Gasteiger partial charge in [0.1, 0.15) is 5.54 Å². The van der Waals surface area contributed by atoms with Gasteiger partial charge < -0.3 is 10.5 Å². The molecule has 0 aromatic heterocycles. The van der Waals surface area contributed by atoms with E-state index in [0.717, 1.165) is 39.1 Å². The molecule has 1 aliphatic rings. The second-order valence-electron chi connectivity index (χ2n) is 4.61. The van der Waals surface area contributed by atoms with Gasteiger partial charge in [-0.15, -0.1) is 0 Å². The smallest absolute Gasteiger partial charge is 0.101 e. The summed E-state index contributed by atoms with van der Waals surface area (Å²) in [6.45, 7) is 7.71. The number of morpholine rings is 1. The van der Waals surface area contributed by atoms with Crippen LogP contribution in [0.5, 0.6) is 0 Å². The molecule has 2 unspecified atom stereocenters. The van der Waals surface area contributed by atoms with E-state index in [4.69, 9.17) is 15.7 Å². The Morgan fingerprint density at radius 2 is 2.40 bits per heavy atom. The van der Waals surface area contributed by atoms with Crippen LogP contribution in [-0.2, 0) is 4.74 Å². The number of nitrogens with two attached hydrogens (primary N) is 1. The molecule has 0 spiro atoms. The number of ether oxygens (including phenoxy) is 1. The topological polar surface area (TPSA) is 62.3 Å². The Morgan fingerprint density at radius 3 is 3.00 bits per heavy atom. The van der Waals surface area contributed by atoms with E-state index in [-0.39, 0.29) is 0 Å². The molecule has 0 aromatic rings. The number of nitriles is 1. The molecule has 0 bridgehead atoms. The number of rotatable bonds is 4. The Morgan fingerprint density at radius 1 is 1.67 bits per heavy atom. The summed E-state index contributed by atoms with van der Waals surface area (Å²) in [7, 11) is 0. The summed E-state index contributed by atoms with van der Waals surface area (Å²) < 4.78 is 5.46. The first-order chi connectivity index (χ1) is 7.03. The maximum atomic E-state index is 8.76. The van der Waals surface area contributed by atoms with Gasteiger partial charge in [0.05, 0.1) is 18.8 Å². The Hall–Kier alpha value is -0.630. The van der Waals surface area contributed by atoms with Gasteiger partial charge in [0.25, 0.3) is 0 Å². The fraction of sp³-hybridized carbons (Fsp3) is 0.909. The molecule has 1 heterocycles. The fourth-order valence-corrected chi connectivity index (χ4v) is 1.82. The molecule has 1 aliphatic heterocycles. The Labute approximate surface area is 92.0 Å². The van der Waals surface area contributed by atoms with Crippen molar-refractivity contribution in [3.8, 4) is 6.07 Å². The fourth-order valence-electron chi connectivity index (χ4n) is 1.82. The summed E-state index contributed by atoms with van der Waals surface area (Å²) in [6, 6.07) is 2.12. The largest absolute Gasteiger partial charge is 0.376 e. The van der Waals surface area contributed by atoms with E-state index in [1.807, 2.05) is 0 Å². The minimum atomic E-state index is -0.669. The monoisotopic (exact) mass is 211 g/mol. The molecule has 0 saturated carbocycles. The molecule has 86 valence electrons. The van der Waals surface area contributed by atoms with Crippen molar-refractivity contribution in [2.45, 2.75) is 38.3 Å². The lowest BCUT2D eigenvalue weighted by Gasteiger charge is -2.31. The summed E-state index contributed by atoms with van der Waals surface area (Å²) in [5.74, 6) is 0. The summed E-state index contributed by atoms with van der Waals surface area (Å²) in [5, 5.41) is 8.76. The first-order valence-corrected chi connectivity index (χ1v) is 5.57. The predicted octanol–water partition coefficient (Wildman–Crippen LogP) is 0.728. The van der Waals surface area contributed by atoms with Crippen molar-refractivity contribution in [1.82, 2.24) is 4.90 Å². The van der Waals surface area contributed by atoms with Gasteiger partial charge in [-0.2, -0.15) is 5.26 Å². The van der Waals surface area contributed by atoms with E-state index in [0.29, 0.717) is 6.10 Å². The molecule has 0 aliphatic carbocycles. The zero-order valence-electron chi connectivity index (χ0n) is 9.70. The number of hydrogen-bond acceptors (Lipinski definition) is 4. The van der Waals surface area contributed by atoms with Gasteiger partial charge in [0.15, 0.2) is 0 Å². The van der Waals surface area contributed by atoms with Crippen LogP contribution in [0.1, 0.15) is 26.7 Å². The molecule has 0 aromatic carbocycles. The lowest BCUT2D eigenvalue weighted by Crippen LogP contribution is -2.42. The van der Waals surface area contributed by atoms with Crippen molar-refractivity contribution >= 4 is 0 Å². The lowest BCUT2D eigenvalue weighted by atomic mass is 9.99. The molecule has 1 saturated heterocycles. The van der Waals surface area contributed by atoms with Crippen LogP contribution in [0.25, 0.3) is 0 Å². The highest BCUT2D eigenvalue weighted by Crippen LogP contribution is 2.10. The van der Waals surface area contributed by atoms with Crippen molar-refractivity contribution in [2.75, 3.05) is 26.2 Å². The summed E-state index contributed by atoms with van der Waals surface area (Å²) in [6.07, 6.45) is 2.07. The highest BCUT2D eigenvalue weighted by molar-refractivity contribution is 5.00. The molecular formula is C11H21N3O. The van der Waals surface area contributed by atoms with Gasteiger partial charge in [-0.3, -0.25) is 4.90 Å². The van der Waals surface area contributed by atoms with Gasteiger partial charge >= 0.3 is 0 Å². The SMILES string of the molecule is CC1CN(CCCC(C)(N)C#N)CCO1. The van der Waals surface area contributed by atoms with Gasteiger partial charge in [0, 0.05) is 13.1 Å². The van der Waals surface area contributed by atoms with Crippen LogP contribution in [0.3, 0.4) is 0 Å². The third kappa shape index (κ3) is 4.61. The van der Waals surface area contributed by atoms with E-state index in [1.54, 1.807) is 6.92 Å². The molecule has 4 heteroatoms. The third-order valence-corrected chi connectivity index (χ3v) is 2.75. The van der Waals surface area contributed by atoms with Crippen molar-refractivity contribution in [3.05, 3.63) is 0 Å². The van der Waals surface area contributed by atoms with Crippen LogP contribution >= 0.6 is 0 Å². The quantitative estimate of drug-likeness (QED) is 0.744. The molecule has 1 fully saturated rings. The van der Waals surface area contributed by atoms with Gasteiger partial charge in [0.2, 0.25) is 0 Å². The maximum Gasteiger partial charge on any atom is 0.101 e. The van der Waals surface area contributed by atoms with E-state index < -0.39 is 5.54 Å². The van der Waals surface area contributed by atoms with Crippen molar-refractivity contribution in [1.29, 1.82) is 5.26 Å². The molecule has 0 amide bonds. The molecule has 1 rings (SSSR count). The van der Waals surface area contributed by atoms with Crippen molar-refractivity contribution in [2.24, 2.45) is 5.73 Å². The van der Waals surface area contributed by atoms with E-state index in [1.165, 1.54) is 0 Å². The maximum absolute atomic E-state index is 8.76. The first-order valence-electron chi connectivity index (χ1n) is 5.57. The zero-order valence-corrected chi connectivity index (χ0v) is 9.70. The predicted molar refractivity (Wildman–Crippen MR) is 59.3 cm³/mol. The Kier molecular flexibility index (Phi) is 4.52. The summed E-state index contributed by atoms with van der Waals surface area (Å²) in [5.41, 5.74) is 5.09. The zero-order chi connectivity index (χ0) is 11.3. The average Bonchev–Trinajstić information content (AvgIpc) is 2.18. The highest BCUT2D eigenvalue weighted by atomic mass is 16.5. The van der Waals surface area contributed by atoms with Crippen LogP contribution in [0.2, 0.25) is 0 Å². The van der Waals surface area contributed by atoms with Crippen LogP contribution < -0.4 is 5.73 Å². The highest BCUT2D eigenvalue weighted by Gasteiger charge is 2.19. The molecule has 0 radical (unpaired) electrons. The number of hydrogen-bond donors (Lipinski definition) is 1. The van der Waals surface area contributed by atoms with E-state index >= 15 is 0 Å². The molecular weight excluding hydrogens is 190 g/mol. The van der Waals surface area contributed by atoms with Gasteiger partial charge in [-0.1, -0.05) is 0 Å². The Balaban J connectivity index is 2.18. The van der Waals surface area contributed by atoms with Crippen molar-refractivity contribution in [3.63, 3.8) is 0 Å². The van der Waals surface area contributed by atoms with Gasteiger partial charge in [-0.25, -0.2) is 0 Å². The second-order valence-corrected chi connectivity index (χ2v) is 4.61.